The van der Waals surface area contributed by atoms with Gasteiger partial charge in [-0.3, -0.25) is 9.69 Å². The van der Waals surface area contributed by atoms with E-state index >= 15 is 0 Å². The summed E-state index contributed by atoms with van der Waals surface area (Å²) in [7, 11) is 0. The molecule has 22 heavy (non-hydrogen) atoms. The summed E-state index contributed by atoms with van der Waals surface area (Å²) in [5.41, 5.74) is 1.27. The molecule has 4 nitrogen and oxygen atoms in total. The number of hydrogen-bond donors (Lipinski definition) is 1. The third-order valence-electron chi connectivity index (χ3n) is 4.79. The Bertz CT molecular complexity index is 468. The van der Waals surface area contributed by atoms with E-state index in [9.17, 15) is 4.79 Å². The number of benzene rings is 1. The second-order valence-electron chi connectivity index (χ2n) is 6.45. The summed E-state index contributed by atoms with van der Waals surface area (Å²) in [4.78, 5) is 17.0. The standard InChI is InChI=1S/C18H27N3O/c22-18(15-20-11-6-1-2-7-12-20)21-13-10-19-17(14-21)16-8-4-3-5-9-16/h3-5,8-9,17,19H,1-2,6-7,10-15H2. The van der Waals surface area contributed by atoms with E-state index in [2.05, 4.69) is 34.5 Å². The van der Waals surface area contributed by atoms with Gasteiger partial charge in [0.15, 0.2) is 0 Å². The molecule has 2 aliphatic rings. The van der Waals surface area contributed by atoms with E-state index < -0.39 is 0 Å². The van der Waals surface area contributed by atoms with Crippen molar-refractivity contribution in [1.82, 2.24) is 15.1 Å². The topological polar surface area (TPSA) is 35.6 Å². The molecule has 1 amide bonds. The molecule has 0 spiro atoms. The second-order valence-corrected chi connectivity index (χ2v) is 6.45. The molecule has 4 heteroatoms. The zero-order valence-corrected chi connectivity index (χ0v) is 13.3. The molecule has 1 aromatic carbocycles. The Labute approximate surface area is 133 Å². The van der Waals surface area contributed by atoms with Gasteiger partial charge in [-0.25, -0.2) is 0 Å². The van der Waals surface area contributed by atoms with Crippen LogP contribution in [0.5, 0.6) is 0 Å². The smallest absolute Gasteiger partial charge is 0.236 e. The molecule has 2 saturated heterocycles. The zero-order chi connectivity index (χ0) is 15.2. The van der Waals surface area contributed by atoms with Crippen LogP contribution in [0.15, 0.2) is 30.3 Å². The summed E-state index contributed by atoms with van der Waals surface area (Å²) < 4.78 is 0. The average Bonchev–Trinajstić information content (AvgIpc) is 2.84. The Morgan fingerprint density at radius 1 is 1.05 bits per heavy atom. The van der Waals surface area contributed by atoms with Crippen molar-refractivity contribution >= 4 is 5.91 Å². The lowest BCUT2D eigenvalue weighted by Crippen LogP contribution is -2.51. The number of hydrogen-bond acceptors (Lipinski definition) is 3. The maximum Gasteiger partial charge on any atom is 0.236 e. The van der Waals surface area contributed by atoms with Crippen LogP contribution in [0.25, 0.3) is 0 Å². The minimum absolute atomic E-state index is 0.267. The molecule has 0 radical (unpaired) electrons. The highest BCUT2D eigenvalue weighted by atomic mass is 16.2. The molecule has 2 aliphatic heterocycles. The van der Waals surface area contributed by atoms with Crippen molar-refractivity contribution in [2.24, 2.45) is 0 Å². The van der Waals surface area contributed by atoms with Crippen molar-refractivity contribution in [2.45, 2.75) is 31.7 Å². The molecule has 1 unspecified atom stereocenters. The first kappa shape index (κ1) is 15.5. The van der Waals surface area contributed by atoms with Gasteiger partial charge >= 0.3 is 0 Å². The molecule has 1 atom stereocenters. The molecule has 3 rings (SSSR count). The van der Waals surface area contributed by atoms with Gasteiger partial charge in [0.2, 0.25) is 5.91 Å². The number of nitrogens with one attached hydrogen (secondary N) is 1. The van der Waals surface area contributed by atoms with Crippen LogP contribution in [0.1, 0.15) is 37.3 Å². The van der Waals surface area contributed by atoms with Gasteiger partial charge in [-0.1, -0.05) is 43.2 Å². The number of piperazine rings is 1. The number of nitrogens with zero attached hydrogens (tertiary/aromatic N) is 2. The Balaban J connectivity index is 1.55. The summed E-state index contributed by atoms with van der Waals surface area (Å²) in [6.45, 7) is 5.26. The van der Waals surface area contributed by atoms with Crippen molar-refractivity contribution in [3.8, 4) is 0 Å². The lowest BCUT2D eigenvalue weighted by Gasteiger charge is -2.35. The summed E-state index contributed by atoms with van der Waals surface area (Å²) >= 11 is 0. The highest BCUT2D eigenvalue weighted by Crippen LogP contribution is 2.17. The molecular formula is C18H27N3O. The van der Waals surface area contributed by atoms with Crippen LogP contribution in [-0.2, 0) is 4.79 Å². The number of carbonyl (C=O) groups excluding carboxylic acids is 1. The van der Waals surface area contributed by atoms with Crippen LogP contribution < -0.4 is 5.32 Å². The highest BCUT2D eigenvalue weighted by Gasteiger charge is 2.25. The Hall–Kier alpha value is -1.39. The molecule has 1 N–H and O–H groups in total. The largest absolute Gasteiger partial charge is 0.338 e. The van der Waals surface area contributed by atoms with Crippen molar-refractivity contribution < 1.29 is 4.79 Å². The third-order valence-corrected chi connectivity index (χ3v) is 4.79. The van der Waals surface area contributed by atoms with E-state index in [1.165, 1.54) is 31.2 Å². The van der Waals surface area contributed by atoms with Gasteiger partial charge in [0.1, 0.15) is 0 Å². The maximum absolute atomic E-state index is 12.6. The van der Waals surface area contributed by atoms with Crippen LogP contribution in [0.2, 0.25) is 0 Å². The molecule has 0 saturated carbocycles. The average molecular weight is 301 g/mol. The Kier molecular flexibility index (Phi) is 5.46. The van der Waals surface area contributed by atoms with Crippen molar-refractivity contribution in [3.05, 3.63) is 35.9 Å². The zero-order valence-electron chi connectivity index (χ0n) is 13.3. The predicted molar refractivity (Wildman–Crippen MR) is 88.7 cm³/mol. The molecule has 0 aliphatic carbocycles. The quantitative estimate of drug-likeness (QED) is 0.928. The number of carbonyl (C=O) groups is 1. The summed E-state index contributed by atoms with van der Waals surface area (Å²) in [6, 6.07) is 10.7. The van der Waals surface area contributed by atoms with Crippen molar-refractivity contribution in [2.75, 3.05) is 39.3 Å². The maximum atomic E-state index is 12.6. The minimum Gasteiger partial charge on any atom is -0.338 e. The SMILES string of the molecule is O=C(CN1CCCCCC1)N1CCNC(c2ccccc2)C1. The number of likely N-dealkylation sites (tertiary alicyclic amines) is 1. The predicted octanol–water partition coefficient (Wildman–Crippen LogP) is 2.04. The second kappa shape index (κ2) is 7.75. The van der Waals surface area contributed by atoms with Gasteiger partial charge in [0, 0.05) is 25.7 Å². The van der Waals surface area contributed by atoms with E-state index in [4.69, 9.17) is 0 Å². The van der Waals surface area contributed by atoms with Crippen molar-refractivity contribution in [1.29, 1.82) is 0 Å². The molecule has 1 aromatic rings. The normalized spacial score (nSPS) is 24.0. The van der Waals surface area contributed by atoms with E-state index in [0.29, 0.717) is 12.5 Å². The van der Waals surface area contributed by atoms with Crippen LogP contribution in [0.3, 0.4) is 0 Å². The highest BCUT2D eigenvalue weighted by molar-refractivity contribution is 5.78. The first-order valence-corrected chi connectivity index (χ1v) is 8.61. The van der Waals surface area contributed by atoms with E-state index in [1.54, 1.807) is 0 Å². The molecule has 120 valence electrons. The molecule has 2 heterocycles. The monoisotopic (exact) mass is 301 g/mol. The Morgan fingerprint density at radius 3 is 2.50 bits per heavy atom. The fourth-order valence-electron chi connectivity index (χ4n) is 3.47. The lowest BCUT2D eigenvalue weighted by atomic mass is 10.0. The summed E-state index contributed by atoms with van der Waals surface area (Å²) in [6.07, 6.45) is 5.10. The van der Waals surface area contributed by atoms with Gasteiger partial charge < -0.3 is 10.2 Å². The van der Waals surface area contributed by atoms with Gasteiger partial charge in [-0.05, 0) is 31.5 Å². The van der Waals surface area contributed by atoms with Gasteiger partial charge in [0.25, 0.3) is 0 Å². The third kappa shape index (κ3) is 4.08. The number of rotatable bonds is 3. The Morgan fingerprint density at radius 2 is 1.77 bits per heavy atom. The van der Waals surface area contributed by atoms with Gasteiger partial charge in [0.05, 0.1) is 6.54 Å². The fraction of sp³-hybridized carbons (Fsp3) is 0.611. The lowest BCUT2D eigenvalue weighted by molar-refractivity contribution is -0.133. The van der Waals surface area contributed by atoms with E-state index in [0.717, 1.165) is 32.7 Å². The van der Waals surface area contributed by atoms with Crippen LogP contribution in [-0.4, -0.2) is 55.0 Å². The summed E-state index contributed by atoms with van der Waals surface area (Å²) in [5.74, 6) is 0.296. The molecular weight excluding hydrogens is 274 g/mol. The van der Waals surface area contributed by atoms with E-state index in [-0.39, 0.29) is 6.04 Å². The van der Waals surface area contributed by atoms with Crippen LogP contribution >= 0.6 is 0 Å². The fourth-order valence-corrected chi connectivity index (χ4v) is 3.47. The summed E-state index contributed by atoms with van der Waals surface area (Å²) in [5, 5.41) is 3.53. The first-order chi connectivity index (χ1) is 10.8. The minimum atomic E-state index is 0.267. The van der Waals surface area contributed by atoms with Crippen molar-refractivity contribution in [3.63, 3.8) is 0 Å². The number of amides is 1. The molecule has 0 aromatic heterocycles. The van der Waals surface area contributed by atoms with Crippen LogP contribution in [0, 0.1) is 0 Å². The van der Waals surface area contributed by atoms with Gasteiger partial charge in [-0.15, -0.1) is 0 Å². The molecule has 2 fully saturated rings. The van der Waals surface area contributed by atoms with Gasteiger partial charge in [-0.2, -0.15) is 0 Å². The first-order valence-electron chi connectivity index (χ1n) is 8.61. The van der Waals surface area contributed by atoms with E-state index in [1.807, 2.05) is 11.0 Å². The van der Waals surface area contributed by atoms with Crippen LogP contribution in [0.4, 0.5) is 0 Å². The molecule has 0 bridgehead atoms.